The van der Waals surface area contributed by atoms with Gasteiger partial charge in [0, 0.05) is 31.9 Å². The molecule has 0 radical (unpaired) electrons. The summed E-state index contributed by atoms with van der Waals surface area (Å²) in [6.45, 7) is 4.12. The molecule has 2 amide bonds. The Kier molecular flexibility index (Phi) is 6.58. The van der Waals surface area contributed by atoms with Crippen LogP contribution in [-0.2, 0) is 24.3 Å². The van der Waals surface area contributed by atoms with Gasteiger partial charge < -0.3 is 10.2 Å². The van der Waals surface area contributed by atoms with Gasteiger partial charge in [-0.25, -0.2) is 0 Å². The van der Waals surface area contributed by atoms with Crippen molar-refractivity contribution in [3.63, 3.8) is 0 Å². The van der Waals surface area contributed by atoms with Gasteiger partial charge in [-0.15, -0.1) is 0 Å². The van der Waals surface area contributed by atoms with Gasteiger partial charge in [-0.2, -0.15) is 0 Å². The van der Waals surface area contributed by atoms with Crippen LogP contribution >= 0.6 is 0 Å². The number of unbranched alkanes of at least 4 members (excludes halogenated alkanes) is 1. The third kappa shape index (κ3) is 4.85. The summed E-state index contributed by atoms with van der Waals surface area (Å²) in [6.07, 6.45) is 4.29. The molecule has 0 fully saturated rings. The number of amides is 2. The second kappa shape index (κ2) is 9.31. The standard InChI is InChI=1S/C23H27N3O2/c1-3-4-11-26(16-17-5-8-19(9-6-17)23(28)24-2)22(27)13-18-7-10-20-14-25-15-21(20)12-18/h5-10,12,14H,3-4,11,13,15-16H2,1-2H3,(H,24,28). The second-order valence-electron chi connectivity index (χ2n) is 7.12. The molecule has 28 heavy (non-hydrogen) atoms. The van der Waals surface area contributed by atoms with Gasteiger partial charge >= 0.3 is 0 Å². The predicted octanol–water partition coefficient (Wildman–Crippen LogP) is 3.35. The lowest BCUT2D eigenvalue weighted by Gasteiger charge is -2.23. The number of hydrogen-bond acceptors (Lipinski definition) is 3. The number of fused-ring (bicyclic) bond motifs is 1. The molecule has 0 unspecified atom stereocenters. The molecule has 0 aromatic heterocycles. The van der Waals surface area contributed by atoms with E-state index in [0.717, 1.165) is 36.1 Å². The molecule has 0 spiro atoms. The number of carbonyl (C=O) groups excluding carboxylic acids is 2. The molecule has 5 nitrogen and oxygen atoms in total. The number of nitrogens with zero attached hydrogens (tertiary/aromatic N) is 2. The van der Waals surface area contributed by atoms with Crippen molar-refractivity contribution >= 4 is 18.0 Å². The molecule has 3 rings (SSSR count). The molecule has 0 saturated carbocycles. The first-order valence-electron chi connectivity index (χ1n) is 9.81. The molecule has 1 aliphatic rings. The van der Waals surface area contributed by atoms with Crippen LogP contribution in [0.4, 0.5) is 0 Å². The van der Waals surface area contributed by atoms with E-state index in [-0.39, 0.29) is 11.8 Å². The largest absolute Gasteiger partial charge is 0.355 e. The first-order chi connectivity index (χ1) is 13.6. The highest BCUT2D eigenvalue weighted by Gasteiger charge is 2.16. The summed E-state index contributed by atoms with van der Waals surface area (Å²) in [7, 11) is 1.62. The van der Waals surface area contributed by atoms with Gasteiger partial charge in [0.05, 0.1) is 13.0 Å². The number of carbonyl (C=O) groups is 2. The molecule has 1 aliphatic heterocycles. The lowest BCUT2D eigenvalue weighted by atomic mass is 10.0. The first-order valence-corrected chi connectivity index (χ1v) is 9.81. The topological polar surface area (TPSA) is 61.8 Å². The quantitative estimate of drug-likeness (QED) is 0.767. The molecule has 5 heteroatoms. The van der Waals surface area contributed by atoms with Crippen molar-refractivity contribution in [1.29, 1.82) is 0 Å². The van der Waals surface area contributed by atoms with E-state index in [1.807, 2.05) is 35.4 Å². The summed E-state index contributed by atoms with van der Waals surface area (Å²) >= 11 is 0. The average Bonchev–Trinajstić information content (AvgIpc) is 3.18. The van der Waals surface area contributed by atoms with E-state index in [1.54, 1.807) is 19.2 Å². The third-order valence-corrected chi connectivity index (χ3v) is 5.01. The minimum atomic E-state index is -0.106. The molecule has 0 aliphatic carbocycles. The van der Waals surface area contributed by atoms with Crippen LogP contribution in [0.5, 0.6) is 0 Å². The van der Waals surface area contributed by atoms with Crippen molar-refractivity contribution in [2.75, 3.05) is 13.6 Å². The van der Waals surface area contributed by atoms with Crippen LogP contribution in [0.15, 0.2) is 47.5 Å². The second-order valence-corrected chi connectivity index (χ2v) is 7.12. The van der Waals surface area contributed by atoms with E-state index >= 15 is 0 Å². The van der Waals surface area contributed by atoms with Crippen LogP contribution in [0.1, 0.15) is 52.4 Å². The highest BCUT2D eigenvalue weighted by atomic mass is 16.2. The van der Waals surface area contributed by atoms with E-state index in [4.69, 9.17) is 0 Å². The molecule has 2 aromatic rings. The zero-order valence-electron chi connectivity index (χ0n) is 16.6. The van der Waals surface area contributed by atoms with Crippen molar-refractivity contribution in [1.82, 2.24) is 10.2 Å². The van der Waals surface area contributed by atoms with Crippen LogP contribution in [0.3, 0.4) is 0 Å². The Hall–Kier alpha value is -2.95. The molecule has 1 N–H and O–H groups in total. The molecule has 2 aromatic carbocycles. The monoisotopic (exact) mass is 377 g/mol. The van der Waals surface area contributed by atoms with Crippen molar-refractivity contribution in [2.45, 2.75) is 39.3 Å². The van der Waals surface area contributed by atoms with Crippen molar-refractivity contribution in [3.8, 4) is 0 Å². The number of nitrogens with one attached hydrogen (secondary N) is 1. The normalized spacial score (nSPS) is 11.9. The summed E-state index contributed by atoms with van der Waals surface area (Å²) < 4.78 is 0. The van der Waals surface area contributed by atoms with E-state index in [1.165, 1.54) is 5.56 Å². The van der Waals surface area contributed by atoms with Crippen LogP contribution < -0.4 is 5.32 Å². The first kappa shape index (κ1) is 19.8. The fraction of sp³-hybridized carbons (Fsp3) is 0.348. The van der Waals surface area contributed by atoms with Gasteiger partial charge in [0.15, 0.2) is 0 Å². The number of aliphatic imine (C=N–C) groups is 1. The summed E-state index contributed by atoms with van der Waals surface area (Å²) in [4.78, 5) is 30.9. The number of rotatable bonds is 8. The maximum Gasteiger partial charge on any atom is 0.251 e. The van der Waals surface area contributed by atoms with Gasteiger partial charge in [-0.1, -0.05) is 43.7 Å². The number of hydrogen-bond donors (Lipinski definition) is 1. The Morgan fingerprint density at radius 2 is 1.86 bits per heavy atom. The fourth-order valence-corrected chi connectivity index (χ4v) is 3.33. The Bertz CT molecular complexity index is 872. The van der Waals surface area contributed by atoms with Crippen molar-refractivity contribution < 1.29 is 9.59 Å². The lowest BCUT2D eigenvalue weighted by molar-refractivity contribution is -0.131. The Balaban J connectivity index is 1.68. The van der Waals surface area contributed by atoms with E-state index in [9.17, 15) is 9.59 Å². The molecule has 0 bridgehead atoms. The summed E-state index contributed by atoms with van der Waals surface area (Å²) in [5.74, 6) is 0.0220. The minimum absolute atomic E-state index is 0.106. The van der Waals surface area contributed by atoms with E-state index in [0.29, 0.717) is 25.1 Å². The maximum absolute atomic E-state index is 13.0. The zero-order valence-corrected chi connectivity index (χ0v) is 16.6. The maximum atomic E-state index is 13.0. The summed E-state index contributed by atoms with van der Waals surface area (Å²) in [5, 5.41) is 2.62. The zero-order chi connectivity index (χ0) is 19.9. The van der Waals surface area contributed by atoms with Gasteiger partial charge in [-0.05, 0) is 40.8 Å². The van der Waals surface area contributed by atoms with Crippen LogP contribution in [0.25, 0.3) is 0 Å². The summed E-state index contributed by atoms with van der Waals surface area (Å²) in [6, 6.07) is 13.6. The molecule has 0 atom stereocenters. The van der Waals surface area contributed by atoms with Crippen molar-refractivity contribution in [3.05, 3.63) is 70.3 Å². The van der Waals surface area contributed by atoms with Crippen LogP contribution in [0, 0.1) is 0 Å². The summed E-state index contributed by atoms with van der Waals surface area (Å²) in [5.41, 5.74) is 5.02. The Morgan fingerprint density at radius 1 is 1.11 bits per heavy atom. The van der Waals surface area contributed by atoms with Gasteiger partial charge in [0.2, 0.25) is 5.91 Å². The average molecular weight is 377 g/mol. The highest BCUT2D eigenvalue weighted by molar-refractivity contribution is 5.94. The van der Waals surface area contributed by atoms with Crippen molar-refractivity contribution in [2.24, 2.45) is 4.99 Å². The smallest absolute Gasteiger partial charge is 0.251 e. The van der Waals surface area contributed by atoms with E-state index in [2.05, 4.69) is 23.3 Å². The minimum Gasteiger partial charge on any atom is -0.355 e. The SMILES string of the molecule is CCCCN(Cc1ccc(C(=O)NC)cc1)C(=O)Cc1ccc2c(c1)CN=C2. The molecule has 146 valence electrons. The predicted molar refractivity (Wildman–Crippen MR) is 112 cm³/mol. The van der Waals surface area contributed by atoms with Gasteiger partial charge in [-0.3, -0.25) is 14.6 Å². The highest BCUT2D eigenvalue weighted by Crippen LogP contribution is 2.18. The third-order valence-electron chi connectivity index (χ3n) is 5.01. The van der Waals surface area contributed by atoms with Gasteiger partial charge in [0.25, 0.3) is 5.91 Å². The molecule has 0 saturated heterocycles. The van der Waals surface area contributed by atoms with Crippen LogP contribution in [-0.4, -0.2) is 36.5 Å². The van der Waals surface area contributed by atoms with Gasteiger partial charge in [0.1, 0.15) is 0 Å². The Labute approximate surface area is 166 Å². The molecular formula is C23H27N3O2. The van der Waals surface area contributed by atoms with E-state index < -0.39 is 0 Å². The molecule has 1 heterocycles. The molecular weight excluding hydrogens is 350 g/mol. The van der Waals surface area contributed by atoms with Crippen LogP contribution in [0.2, 0.25) is 0 Å². The Morgan fingerprint density at radius 3 is 2.57 bits per heavy atom. The number of benzene rings is 2. The lowest BCUT2D eigenvalue weighted by Crippen LogP contribution is -2.32. The fourth-order valence-electron chi connectivity index (χ4n) is 3.33.